The molecule has 1 saturated heterocycles. The van der Waals surface area contributed by atoms with Gasteiger partial charge in [0.05, 0.1) is 0 Å². The predicted molar refractivity (Wildman–Crippen MR) is 115 cm³/mol. The molecule has 4 rings (SSSR count). The third-order valence-corrected chi connectivity index (χ3v) is 5.97. The Morgan fingerprint density at radius 2 is 1.96 bits per heavy atom. The number of fused-ring (bicyclic) bond motifs is 1. The fourth-order valence-corrected chi connectivity index (χ4v) is 4.66. The summed E-state index contributed by atoms with van der Waals surface area (Å²) in [6, 6.07) is 14.3. The van der Waals surface area contributed by atoms with E-state index >= 15 is 0 Å². The summed E-state index contributed by atoms with van der Waals surface area (Å²) in [5.74, 6) is 2.31. The minimum Gasteiger partial charge on any atom is -0.351 e. The zero-order valence-corrected chi connectivity index (χ0v) is 16.7. The number of thioether (sulfide) groups is 1. The second kappa shape index (κ2) is 7.79. The van der Waals surface area contributed by atoms with Crippen molar-refractivity contribution in [3.63, 3.8) is 0 Å². The van der Waals surface area contributed by atoms with Crippen LogP contribution in [0.4, 0.5) is 5.69 Å². The van der Waals surface area contributed by atoms with Gasteiger partial charge in [0.25, 0.3) is 5.91 Å². The lowest BCUT2D eigenvalue weighted by molar-refractivity contribution is 0.102. The number of aromatic amines is 1. The molecule has 1 aliphatic rings. The molecule has 3 aromatic rings. The summed E-state index contributed by atoms with van der Waals surface area (Å²) < 4.78 is 0. The van der Waals surface area contributed by atoms with E-state index in [4.69, 9.17) is 0 Å². The monoisotopic (exact) mass is 379 g/mol. The van der Waals surface area contributed by atoms with Gasteiger partial charge in [0.2, 0.25) is 0 Å². The Balaban J connectivity index is 1.49. The van der Waals surface area contributed by atoms with Gasteiger partial charge in [-0.1, -0.05) is 18.2 Å². The first-order valence-corrected chi connectivity index (χ1v) is 10.5. The van der Waals surface area contributed by atoms with Gasteiger partial charge in [-0.2, -0.15) is 11.8 Å². The number of hydrogen-bond acceptors (Lipinski definition) is 3. The van der Waals surface area contributed by atoms with E-state index < -0.39 is 0 Å². The molecule has 4 nitrogen and oxygen atoms in total. The van der Waals surface area contributed by atoms with Gasteiger partial charge in [-0.3, -0.25) is 9.69 Å². The number of nitrogens with zero attached hydrogens (tertiary/aromatic N) is 1. The normalized spacial score (nSPS) is 15.2. The fourth-order valence-electron chi connectivity index (χ4n) is 3.68. The van der Waals surface area contributed by atoms with Crippen molar-refractivity contribution < 1.29 is 4.79 Å². The van der Waals surface area contributed by atoms with Crippen LogP contribution in [-0.2, 0) is 6.54 Å². The molecule has 0 spiro atoms. The molecule has 2 aromatic carbocycles. The molecule has 5 heteroatoms. The van der Waals surface area contributed by atoms with E-state index in [1.54, 1.807) is 0 Å². The molecule has 1 fully saturated rings. The molecule has 0 atom stereocenters. The first-order valence-electron chi connectivity index (χ1n) is 9.39. The SMILES string of the molecule is Cc1cc(C)c2cc(C(=O)Nc3cccc(CN4CCSCC4)c3)[nH]c2c1. The minimum atomic E-state index is -0.102. The van der Waals surface area contributed by atoms with Gasteiger partial charge in [0.1, 0.15) is 5.69 Å². The van der Waals surface area contributed by atoms with Crippen molar-refractivity contribution in [2.75, 3.05) is 29.9 Å². The number of carbonyl (C=O) groups excluding carboxylic acids is 1. The summed E-state index contributed by atoms with van der Waals surface area (Å²) in [5, 5.41) is 4.14. The third kappa shape index (κ3) is 4.20. The van der Waals surface area contributed by atoms with Crippen molar-refractivity contribution in [2.24, 2.45) is 0 Å². The summed E-state index contributed by atoms with van der Waals surface area (Å²) in [7, 11) is 0. The second-order valence-corrected chi connectivity index (χ2v) is 8.49. The number of aromatic nitrogens is 1. The molecule has 2 N–H and O–H groups in total. The maximum absolute atomic E-state index is 12.7. The van der Waals surface area contributed by atoms with Gasteiger partial charge < -0.3 is 10.3 Å². The highest BCUT2D eigenvalue weighted by atomic mass is 32.2. The van der Waals surface area contributed by atoms with E-state index in [1.807, 2.05) is 30.0 Å². The topological polar surface area (TPSA) is 48.1 Å². The van der Waals surface area contributed by atoms with Gasteiger partial charge in [-0.25, -0.2) is 0 Å². The molecule has 1 aliphatic heterocycles. The smallest absolute Gasteiger partial charge is 0.272 e. The Kier molecular flexibility index (Phi) is 5.23. The van der Waals surface area contributed by atoms with Gasteiger partial charge in [-0.05, 0) is 54.8 Å². The summed E-state index contributed by atoms with van der Waals surface area (Å²) in [6.45, 7) is 7.35. The van der Waals surface area contributed by atoms with Crippen molar-refractivity contribution in [1.82, 2.24) is 9.88 Å². The molecule has 0 bridgehead atoms. The lowest BCUT2D eigenvalue weighted by atomic mass is 10.1. The molecule has 0 aliphatic carbocycles. The number of H-pyrrole nitrogens is 1. The second-order valence-electron chi connectivity index (χ2n) is 7.27. The largest absolute Gasteiger partial charge is 0.351 e. The summed E-state index contributed by atoms with van der Waals surface area (Å²) in [4.78, 5) is 18.5. The molecular weight excluding hydrogens is 354 g/mol. The minimum absolute atomic E-state index is 0.102. The van der Waals surface area contributed by atoms with Gasteiger partial charge in [0.15, 0.2) is 0 Å². The molecule has 2 heterocycles. The molecule has 0 radical (unpaired) electrons. The van der Waals surface area contributed by atoms with Crippen LogP contribution in [0, 0.1) is 13.8 Å². The van der Waals surface area contributed by atoms with E-state index in [0.717, 1.165) is 36.2 Å². The van der Waals surface area contributed by atoms with Crippen LogP contribution in [0.3, 0.4) is 0 Å². The Morgan fingerprint density at radius 1 is 1.15 bits per heavy atom. The van der Waals surface area contributed by atoms with Crippen LogP contribution >= 0.6 is 11.8 Å². The molecule has 27 heavy (non-hydrogen) atoms. The number of anilines is 1. The van der Waals surface area contributed by atoms with Gasteiger partial charge in [0, 0.05) is 47.7 Å². The third-order valence-electron chi connectivity index (χ3n) is 5.03. The lowest BCUT2D eigenvalue weighted by Gasteiger charge is -2.26. The predicted octanol–water partition coefficient (Wildman–Crippen LogP) is 4.59. The van der Waals surface area contributed by atoms with Crippen LogP contribution in [0.15, 0.2) is 42.5 Å². The van der Waals surface area contributed by atoms with Crippen molar-refractivity contribution in [3.8, 4) is 0 Å². The average molecular weight is 380 g/mol. The number of carbonyl (C=O) groups is 1. The van der Waals surface area contributed by atoms with Crippen LogP contribution in [0.25, 0.3) is 10.9 Å². The van der Waals surface area contributed by atoms with Crippen LogP contribution < -0.4 is 5.32 Å². The number of hydrogen-bond donors (Lipinski definition) is 2. The number of aryl methyl sites for hydroxylation is 2. The lowest BCUT2D eigenvalue weighted by Crippen LogP contribution is -2.31. The van der Waals surface area contributed by atoms with Crippen molar-refractivity contribution in [3.05, 3.63) is 64.8 Å². The number of amides is 1. The highest BCUT2D eigenvalue weighted by Crippen LogP contribution is 2.22. The zero-order chi connectivity index (χ0) is 18.8. The summed E-state index contributed by atoms with van der Waals surface area (Å²) >= 11 is 2.02. The van der Waals surface area contributed by atoms with Crippen molar-refractivity contribution in [1.29, 1.82) is 0 Å². The average Bonchev–Trinajstić information content (AvgIpc) is 3.07. The van der Waals surface area contributed by atoms with E-state index in [2.05, 4.69) is 53.3 Å². The Bertz CT molecular complexity index is 973. The molecule has 0 unspecified atom stereocenters. The Labute approximate surface area is 164 Å². The summed E-state index contributed by atoms with van der Waals surface area (Å²) in [6.07, 6.45) is 0. The van der Waals surface area contributed by atoms with E-state index in [0.29, 0.717) is 5.69 Å². The van der Waals surface area contributed by atoms with E-state index in [1.165, 1.54) is 28.2 Å². The van der Waals surface area contributed by atoms with Crippen LogP contribution in [0.1, 0.15) is 27.2 Å². The van der Waals surface area contributed by atoms with Gasteiger partial charge >= 0.3 is 0 Å². The highest BCUT2D eigenvalue weighted by molar-refractivity contribution is 7.99. The van der Waals surface area contributed by atoms with Crippen molar-refractivity contribution >= 4 is 34.3 Å². The summed E-state index contributed by atoms with van der Waals surface area (Å²) in [5.41, 5.74) is 6.06. The number of benzene rings is 2. The quantitative estimate of drug-likeness (QED) is 0.697. The molecule has 1 amide bonds. The molecule has 1 aromatic heterocycles. The number of rotatable bonds is 4. The van der Waals surface area contributed by atoms with Gasteiger partial charge in [-0.15, -0.1) is 0 Å². The van der Waals surface area contributed by atoms with Crippen LogP contribution in [0.2, 0.25) is 0 Å². The van der Waals surface area contributed by atoms with E-state index in [-0.39, 0.29) is 5.91 Å². The highest BCUT2D eigenvalue weighted by Gasteiger charge is 2.13. The first-order chi connectivity index (χ1) is 13.1. The van der Waals surface area contributed by atoms with Crippen LogP contribution in [0.5, 0.6) is 0 Å². The first kappa shape index (κ1) is 18.1. The Morgan fingerprint density at radius 3 is 2.78 bits per heavy atom. The maximum Gasteiger partial charge on any atom is 0.272 e. The van der Waals surface area contributed by atoms with Crippen molar-refractivity contribution in [2.45, 2.75) is 20.4 Å². The number of nitrogens with one attached hydrogen (secondary N) is 2. The molecule has 140 valence electrons. The van der Waals surface area contributed by atoms with E-state index in [9.17, 15) is 4.79 Å². The Hall–Kier alpha value is -2.24. The maximum atomic E-state index is 12.7. The zero-order valence-electron chi connectivity index (χ0n) is 15.8. The standard InChI is InChI=1S/C22H25N3OS/c1-15-10-16(2)19-13-21(24-20(19)11-15)22(26)23-18-5-3-4-17(12-18)14-25-6-8-27-9-7-25/h3-5,10-13,24H,6-9,14H2,1-2H3,(H,23,26). The molecular formula is C22H25N3OS. The van der Waals surface area contributed by atoms with Crippen LogP contribution in [-0.4, -0.2) is 40.4 Å². The molecule has 0 saturated carbocycles. The fraction of sp³-hybridized carbons (Fsp3) is 0.318.